The number of rotatable bonds is 4. The number of benzene rings is 2. The van der Waals surface area contributed by atoms with Gasteiger partial charge in [0.15, 0.2) is 16.6 Å². The van der Waals surface area contributed by atoms with Crippen LogP contribution < -0.4 is 20.1 Å². The molecule has 2 rings (SSSR count). The summed E-state index contributed by atoms with van der Waals surface area (Å²) in [6.45, 7) is 2.03. The zero-order chi connectivity index (χ0) is 15.2. The van der Waals surface area contributed by atoms with Crippen LogP contribution >= 0.6 is 12.2 Å². The Bertz CT molecular complexity index is 644. The zero-order valence-corrected chi connectivity index (χ0v) is 13.1. The van der Waals surface area contributed by atoms with Gasteiger partial charge in [0.05, 0.1) is 14.2 Å². The van der Waals surface area contributed by atoms with E-state index in [1.54, 1.807) is 14.2 Å². The van der Waals surface area contributed by atoms with Crippen molar-refractivity contribution in [3.8, 4) is 11.5 Å². The number of aryl methyl sites for hydroxylation is 1. The Hall–Kier alpha value is -2.27. The van der Waals surface area contributed by atoms with Crippen LogP contribution in [0, 0.1) is 6.92 Å². The molecule has 0 fully saturated rings. The summed E-state index contributed by atoms with van der Waals surface area (Å²) in [5.41, 5.74) is 2.95. The summed E-state index contributed by atoms with van der Waals surface area (Å²) in [5, 5.41) is 6.83. The molecule has 2 aromatic carbocycles. The molecule has 4 nitrogen and oxygen atoms in total. The topological polar surface area (TPSA) is 42.5 Å². The highest BCUT2D eigenvalue weighted by atomic mass is 32.1. The molecule has 0 heterocycles. The molecular formula is C16H18N2O2S. The van der Waals surface area contributed by atoms with E-state index in [0.717, 1.165) is 16.9 Å². The van der Waals surface area contributed by atoms with Crippen molar-refractivity contribution in [1.82, 2.24) is 0 Å². The van der Waals surface area contributed by atoms with Crippen molar-refractivity contribution < 1.29 is 9.47 Å². The van der Waals surface area contributed by atoms with Gasteiger partial charge in [-0.15, -0.1) is 0 Å². The van der Waals surface area contributed by atoms with Gasteiger partial charge in [-0.3, -0.25) is 0 Å². The molecule has 21 heavy (non-hydrogen) atoms. The van der Waals surface area contributed by atoms with Gasteiger partial charge in [-0.05, 0) is 42.9 Å². The van der Waals surface area contributed by atoms with Crippen LogP contribution in [0.15, 0.2) is 42.5 Å². The number of hydrogen-bond donors (Lipinski definition) is 2. The Morgan fingerprint density at radius 1 is 0.952 bits per heavy atom. The van der Waals surface area contributed by atoms with Crippen LogP contribution in [0.3, 0.4) is 0 Å². The number of nitrogens with one attached hydrogen (secondary N) is 2. The normalized spacial score (nSPS) is 9.86. The summed E-state index contributed by atoms with van der Waals surface area (Å²) in [4.78, 5) is 0. The molecule has 5 heteroatoms. The molecule has 0 saturated carbocycles. The minimum atomic E-state index is 0.525. The lowest BCUT2D eigenvalue weighted by atomic mass is 10.2. The second-order valence-electron chi connectivity index (χ2n) is 4.46. The van der Waals surface area contributed by atoms with E-state index in [2.05, 4.69) is 10.6 Å². The average molecular weight is 302 g/mol. The summed E-state index contributed by atoms with van der Waals surface area (Å²) >= 11 is 5.32. The second-order valence-corrected chi connectivity index (χ2v) is 4.87. The number of hydrogen-bond acceptors (Lipinski definition) is 3. The SMILES string of the molecule is COc1ccc(NC(=S)Nc2ccccc2C)cc1OC. The van der Waals surface area contributed by atoms with Gasteiger partial charge in [0.1, 0.15) is 0 Å². The maximum Gasteiger partial charge on any atom is 0.175 e. The van der Waals surface area contributed by atoms with Gasteiger partial charge in [0, 0.05) is 17.4 Å². The largest absolute Gasteiger partial charge is 0.493 e. The number of thiocarbonyl (C=S) groups is 1. The second kappa shape index (κ2) is 6.95. The van der Waals surface area contributed by atoms with Crippen molar-refractivity contribution >= 4 is 28.7 Å². The Morgan fingerprint density at radius 3 is 2.33 bits per heavy atom. The zero-order valence-electron chi connectivity index (χ0n) is 12.3. The average Bonchev–Trinajstić information content (AvgIpc) is 2.49. The van der Waals surface area contributed by atoms with E-state index in [1.807, 2.05) is 49.4 Å². The van der Waals surface area contributed by atoms with E-state index in [-0.39, 0.29) is 0 Å². The molecule has 0 aromatic heterocycles. The molecule has 0 amide bonds. The minimum absolute atomic E-state index is 0.525. The number of ether oxygens (including phenoxy) is 2. The first-order valence-corrected chi connectivity index (χ1v) is 6.90. The molecule has 0 saturated heterocycles. The molecule has 0 atom stereocenters. The van der Waals surface area contributed by atoms with Crippen molar-refractivity contribution in [3.05, 3.63) is 48.0 Å². The van der Waals surface area contributed by atoms with Crippen molar-refractivity contribution in [2.75, 3.05) is 24.9 Å². The van der Waals surface area contributed by atoms with Crippen LogP contribution in [0.5, 0.6) is 11.5 Å². The first kappa shape index (κ1) is 15.1. The predicted molar refractivity (Wildman–Crippen MR) is 90.6 cm³/mol. The van der Waals surface area contributed by atoms with Crippen molar-refractivity contribution in [3.63, 3.8) is 0 Å². The van der Waals surface area contributed by atoms with Crippen molar-refractivity contribution in [2.24, 2.45) is 0 Å². The molecule has 2 aromatic rings. The molecule has 0 bridgehead atoms. The van der Waals surface area contributed by atoms with Gasteiger partial charge in [0.2, 0.25) is 0 Å². The van der Waals surface area contributed by atoms with E-state index in [1.165, 1.54) is 0 Å². The Morgan fingerprint density at radius 2 is 1.67 bits per heavy atom. The van der Waals surface area contributed by atoms with Crippen molar-refractivity contribution in [1.29, 1.82) is 0 Å². The lowest BCUT2D eigenvalue weighted by Gasteiger charge is -2.14. The lowest BCUT2D eigenvalue weighted by molar-refractivity contribution is 0.355. The number of anilines is 2. The maximum absolute atomic E-state index is 5.32. The van der Waals surface area contributed by atoms with E-state index in [4.69, 9.17) is 21.7 Å². The third-order valence-electron chi connectivity index (χ3n) is 3.03. The van der Waals surface area contributed by atoms with Crippen LogP contribution in [-0.2, 0) is 0 Å². The molecular weight excluding hydrogens is 284 g/mol. The highest BCUT2D eigenvalue weighted by Crippen LogP contribution is 2.29. The quantitative estimate of drug-likeness (QED) is 0.840. The fourth-order valence-electron chi connectivity index (χ4n) is 1.91. The van der Waals surface area contributed by atoms with Gasteiger partial charge in [-0.2, -0.15) is 0 Å². The summed E-state index contributed by atoms with van der Waals surface area (Å²) in [7, 11) is 3.21. The third-order valence-corrected chi connectivity index (χ3v) is 3.24. The Kier molecular flexibility index (Phi) is 5.00. The third kappa shape index (κ3) is 3.86. The van der Waals surface area contributed by atoms with E-state index < -0.39 is 0 Å². The smallest absolute Gasteiger partial charge is 0.175 e. The first-order valence-electron chi connectivity index (χ1n) is 6.49. The van der Waals surface area contributed by atoms with E-state index in [0.29, 0.717) is 16.6 Å². The number of para-hydroxylation sites is 1. The standard InChI is InChI=1S/C16H18N2O2S/c1-11-6-4-5-7-13(11)18-16(21)17-12-8-9-14(19-2)15(10-12)20-3/h4-10H,1-3H3,(H2,17,18,21). The molecule has 0 unspecified atom stereocenters. The highest BCUT2D eigenvalue weighted by molar-refractivity contribution is 7.80. The number of methoxy groups -OCH3 is 2. The van der Waals surface area contributed by atoms with Crippen LogP contribution in [0.4, 0.5) is 11.4 Å². The fraction of sp³-hybridized carbons (Fsp3) is 0.188. The highest BCUT2D eigenvalue weighted by Gasteiger charge is 2.06. The summed E-state index contributed by atoms with van der Waals surface area (Å²) < 4.78 is 10.5. The summed E-state index contributed by atoms with van der Waals surface area (Å²) in [6.07, 6.45) is 0. The molecule has 0 aliphatic rings. The maximum atomic E-state index is 5.32. The minimum Gasteiger partial charge on any atom is -0.493 e. The lowest BCUT2D eigenvalue weighted by Crippen LogP contribution is -2.19. The van der Waals surface area contributed by atoms with Gasteiger partial charge < -0.3 is 20.1 Å². The first-order chi connectivity index (χ1) is 10.1. The van der Waals surface area contributed by atoms with Crippen LogP contribution in [0.25, 0.3) is 0 Å². The van der Waals surface area contributed by atoms with Gasteiger partial charge in [-0.1, -0.05) is 18.2 Å². The monoisotopic (exact) mass is 302 g/mol. The molecule has 0 spiro atoms. The predicted octanol–water partition coefficient (Wildman–Crippen LogP) is 3.82. The van der Waals surface area contributed by atoms with E-state index in [9.17, 15) is 0 Å². The Balaban J connectivity index is 2.08. The molecule has 2 N–H and O–H groups in total. The molecule has 0 radical (unpaired) electrons. The van der Waals surface area contributed by atoms with Crippen LogP contribution in [-0.4, -0.2) is 19.3 Å². The van der Waals surface area contributed by atoms with Crippen molar-refractivity contribution in [2.45, 2.75) is 6.92 Å². The summed E-state index contributed by atoms with van der Waals surface area (Å²) in [6, 6.07) is 13.5. The molecule has 0 aliphatic carbocycles. The molecule has 0 aliphatic heterocycles. The Labute approximate surface area is 130 Å². The molecule has 110 valence electrons. The van der Waals surface area contributed by atoms with Gasteiger partial charge in [0.25, 0.3) is 0 Å². The van der Waals surface area contributed by atoms with Crippen LogP contribution in [0.1, 0.15) is 5.56 Å². The fourth-order valence-corrected chi connectivity index (χ4v) is 2.14. The van der Waals surface area contributed by atoms with Gasteiger partial charge in [-0.25, -0.2) is 0 Å². The van der Waals surface area contributed by atoms with Gasteiger partial charge >= 0.3 is 0 Å². The van der Waals surface area contributed by atoms with Crippen LogP contribution in [0.2, 0.25) is 0 Å². The van der Waals surface area contributed by atoms with E-state index >= 15 is 0 Å². The summed E-state index contributed by atoms with van der Waals surface area (Å²) in [5.74, 6) is 1.34.